The molecule has 0 aliphatic rings. The van der Waals surface area contributed by atoms with E-state index in [4.69, 9.17) is 10.3 Å². The second-order valence-corrected chi connectivity index (χ2v) is 5.85. The predicted octanol–water partition coefficient (Wildman–Crippen LogP) is 1.17. The van der Waals surface area contributed by atoms with Crippen molar-refractivity contribution in [2.24, 2.45) is 0 Å². The lowest BCUT2D eigenvalue weighted by Gasteiger charge is -2.11. The van der Waals surface area contributed by atoms with Crippen molar-refractivity contribution in [2.75, 3.05) is 17.6 Å². The molecule has 2 rings (SSSR count). The van der Waals surface area contributed by atoms with Crippen molar-refractivity contribution < 1.29 is 12.9 Å². The van der Waals surface area contributed by atoms with Gasteiger partial charge in [-0.2, -0.15) is 0 Å². The first-order chi connectivity index (χ1) is 9.53. The molecule has 0 fully saturated rings. The maximum Gasteiger partial charge on any atom is 0.240 e. The minimum Gasteiger partial charge on any atom is -0.397 e. The van der Waals surface area contributed by atoms with Crippen LogP contribution in [0.25, 0.3) is 0 Å². The van der Waals surface area contributed by atoms with Crippen molar-refractivity contribution in [3.05, 3.63) is 36.2 Å². The second-order valence-electron chi connectivity index (χ2n) is 4.08. The Bertz CT molecular complexity index is 668. The number of nitrogens with zero attached hydrogens (tertiary/aromatic N) is 1. The molecule has 0 saturated heterocycles. The molecule has 0 atom stereocenters. The fraction of sp³-hybridized carbons (Fsp3) is 0.250. The molecule has 20 heavy (non-hydrogen) atoms. The molecule has 108 valence electrons. The third kappa shape index (κ3) is 3.28. The largest absolute Gasteiger partial charge is 0.397 e. The van der Waals surface area contributed by atoms with Gasteiger partial charge in [-0.1, -0.05) is 12.1 Å². The number of nitrogens with two attached hydrogens (primary N) is 1. The minimum atomic E-state index is -3.50. The zero-order valence-electron chi connectivity index (χ0n) is 11.0. The van der Waals surface area contributed by atoms with Crippen LogP contribution in [0.2, 0.25) is 0 Å². The Kier molecular flexibility index (Phi) is 4.26. The lowest BCUT2D eigenvalue weighted by molar-refractivity contribution is 0.388. The molecule has 1 heterocycles. The van der Waals surface area contributed by atoms with E-state index in [0.29, 0.717) is 30.2 Å². The topological polar surface area (TPSA) is 110 Å². The number of hydrogen-bond donors (Lipinski definition) is 3. The zero-order chi connectivity index (χ0) is 14.6. The zero-order valence-corrected chi connectivity index (χ0v) is 11.8. The molecule has 0 saturated carbocycles. The average Bonchev–Trinajstić information content (AvgIpc) is 2.90. The van der Waals surface area contributed by atoms with Gasteiger partial charge >= 0.3 is 0 Å². The Labute approximate surface area is 117 Å². The van der Waals surface area contributed by atoms with Crippen LogP contribution in [0.4, 0.5) is 11.4 Å². The monoisotopic (exact) mass is 296 g/mol. The molecule has 1 aromatic heterocycles. The number of anilines is 2. The van der Waals surface area contributed by atoms with Gasteiger partial charge in [0.05, 0.1) is 29.0 Å². The number of rotatable bonds is 6. The standard InChI is InChI=1S/C12H16N4O3S/c1-2-16-20(17,18)10-3-4-11(13)12(7-10)14-8-9-5-6-15-19-9/h3-7,14,16H,2,8,13H2,1H3. The highest BCUT2D eigenvalue weighted by Gasteiger charge is 2.14. The van der Waals surface area contributed by atoms with Gasteiger partial charge in [-0.15, -0.1) is 0 Å². The molecule has 0 aliphatic carbocycles. The summed E-state index contributed by atoms with van der Waals surface area (Å²) in [5, 5.41) is 6.60. The van der Waals surface area contributed by atoms with Gasteiger partial charge < -0.3 is 15.6 Å². The summed E-state index contributed by atoms with van der Waals surface area (Å²) in [5.41, 5.74) is 6.81. The van der Waals surface area contributed by atoms with Gasteiger partial charge in [-0.3, -0.25) is 0 Å². The summed E-state index contributed by atoms with van der Waals surface area (Å²) >= 11 is 0. The summed E-state index contributed by atoms with van der Waals surface area (Å²) in [5.74, 6) is 0.629. The number of nitrogens with one attached hydrogen (secondary N) is 2. The van der Waals surface area contributed by atoms with Crippen molar-refractivity contribution in [1.29, 1.82) is 0 Å². The Balaban J connectivity index is 2.20. The van der Waals surface area contributed by atoms with Crippen molar-refractivity contribution in [3.63, 3.8) is 0 Å². The van der Waals surface area contributed by atoms with Crippen molar-refractivity contribution in [3.8, 4) is 0 Å². The van der Waals surface area contributed by atoms with Crippen molar-refractivity contribution in [2.45, 2.75) is 18.4 Å². The third-order valence-electron chi connectivity index (χ3n) is 2.61. The van der Waals surface area contributed by atoms with Gasteiger partial charge in [0.1, 0.15) is 0 Å². The first-order valence-corrected chi connectivity index (χ1v) is 7.54. The van der Waals surface area contributed by atoms with Gasteiger partial charge in [-0.05, 0) is 18.2 Å². The van der Waals surface area contributed by atoms with E-state index in [2.05, 4.69) is 15.2 Å². The summed E-state index contributed by atoms with van der Waals surface area (Å²) < 4.78 is 31.2. The van der Waals surface area contributed by atoms with E-state index in [1.54, 1.807) is 19.1 Å². The number of nitrogen functional groups attached to an aromatic ring is 1. The molecular formula is C12H16N4O3S. The number of aromatic nitrogens is 1. The summed E-state index contributed by atoms with van der Waals surface area (Å²) in [6, 6.07) is 6.21. The molecule has 7 nitrogen and oxygen atoms in total. The van der Waals surface area contributed by atoms with E-state index >= 15 is 0 Å². The predicted molar refractivity (Wildman–Crippen MR) is 75.5 cm³/mol. The normalized spacial score (nSPS) is 11.4. The van der Waals surface area contributed by atoms with E-state index in [-0.39, 0.29) is 4.90 Å². The molecule has 0 bridgehead atoms. The van der Waals surface area contributed by atoms with Gasteiger partial charge in [0.25, 0.3) is 0 Å². The van der Waals surface area contributed by atoms with E-state index < -0.39 is 10.0 Å². The second kappa shape index (κ2) is 5.93. The summed E-state index contributed by atoms with van der Waals surface area (Å²) in [6.07, 6.45) is 1.53. The quantitative estimate of drug-likeness (QED) is 0.690. The van der Waals surface area contributed by atoms with Crippen LogP contribution in [-0.4, -0.2) is 20.1 Å². The molecule has 0 spiro atoms. The molecule has 0 unspecified atom stereocenters. The van der Waals surface area contributed by atoms with Crippen LogP contribution in [-0.2, 0) is 16.6 Å². The van der Waals surface area contributed by atoms with E-state index in [1.165, 1.54) is 18.3 Å². The first kappa shape index (κ1) is 14.4. The summed E-state index contributed by atoms with van der Waals surface area (Å²) in [6.45, 7) is 2.42. The van der Waals surface area contributed by atoms with Gasteiger partial charge in [0.15, 0.2) is 5.76 Å². The maximum atomic E-state index is 11.9. The minimum absolute atomic E-state index is 0.161. The fourth-order valence-electron chi connectivity index (χ4n) is 1.64. The van der Waals surface area contributed by atoms with Crippen LogP contribution in [0.3, 0.4) is 0 Å². The molecule has 8 heteroatoms. The first-order valence-electron chi connectivity index (χ1n) is 6.05. The Morgan fingerprint density at radius 1 is 1.35 bits per heavy atom. The molecule has 2 aromatic rings. The van der Waals surface area contributed by atoms with Crippen LogP contribution < -0.4 is 15.8 Å². The van der Waals surface area contributed by atoms with Crippen molar-refractivity contribution >= 4 is 21.4 Å². The average molecular weight is 296 g/mol. The maximum absolute atomic E-state index is 11.9. The number of sulfonamides is 1. The van der Waals surface area contributed by atoms with Crippen LogP contribution in [0.15, 0.2) is 39.9 Å². The van der Waals surface area contributed by atoms with Gasteiger partial charge in [-0.25, -0.2) is 13.1 Å². The van der Waals surface area contributed by atoms with Crippen molar-refractivity contribution in [1.82, 2.24) is 9.88 Å². The van der Waals surface area contributed by atoms with Gasteiger partial charge in [0, 0.05) is 12.6 Å². The van der Waals surface area contributed by atoms with Crippen LogP contribution in [0.1, 0.15) is 12.7 Å². The molecule has 0 amide bonds. The molecule has 1 aromatic carbocycles. The lowest BCUT2D eigenvalue weighted by atomic mass is 10.2. The molecule has 0 aliphatic heterocycles. The Morgan fingerprint density at radius 3 is 2.80 bits per heavy atom. The summed E-state index contributed by atoms with van der Waals surface area (Å²) in [4.78, 5) is 0.161. The van der Waals surface area contributed by atoms with Gasteiger partial charge in [0.2, 0.25) is 10.0 Å². The highest BCUT2D eigenvalue weighted by atomic mass is 32.2. The molecule has 0 radical (unpaired) electrons. The smallest absolute Gasteiger partial charge is 0.240 e. The van der Waals surface area contributed by atoms with E-state index in [0.717, 1.165) is 0 Å². The van der Waals surface area contributed by atoms with Crippen LogP contribution >= 0.6 is 0 Å². The highest BCUT2D eigenvalue weighted by Crippen LogP contribution is 2.23. The summed E-state index contributed by atoms with van der Waals surface area (Å²) in [7, 11) is -3.50. The van der Waals surface area contributed by atoms with Crippen LogP contribution in [0, 0.1) is 0 Å². The van der Waals surface area contributed by atoms with E-state index in [1.807, 2.05) is 0 Å². The lowest BCUT2D eigenvalue weighted by Crippen LogP contribution is -2.23. The third-order valence-corrected chi connectivity index (χ3v) is 4.16. The molecular weight excluding hydrogens is 280 g/mol. The molecule has 4 N–H and O–H groups in total. The highest BCUT2D eigenvalue weighted by molar-refractivity contribution is 7.89. The Morgan fingerprint density at radius 2 is 2.15 bits per heavy atom. The Hall–Kier alpha value is -2.06. The number of hydrogen-bond acceptors (Lipinski definition) is 6. The fourth-order valence-corrected chi connectivity index (χ4v) is 2.71. The van der Waals surface area contributed by atoms with Crippen LogP contribution in [0.5, 0.6) is 0 Å². The van der Waals surface area contributed by atoms with E-state index in [9.17, 15) is 8.42 Å². The number of benzene rings is 1. The SMILES string of the molecule is CCNS(=O)(=O)c1ccc(N)c(NCc2ccno2)c1.